The molecule has 0 bridgehead atoms. The fraction of sp³-hybridized carbons (Fsp3) is 0.393. The second-order valence-electron chi connectivity index (χ2n) is 10.0. The molecule has 2 fully saturated rings. The average Bonchev–Trinajstić information content (AvgIpc) is 3.65. The molecule has 2 aliphatic heterocycles. The number of pyridine rings is 1. The number of furan rings is 1. The summed E-state index contributed by atoms with van der Waals surface area (Å²) in [7, 11) is 0. The van der Waals surface area contributed by atoms with Crippen LogP contribution in [0.15, 0.2) is 47.0 Å². The van der Waals surface area contributed by atoms with Crippen molar-refractivity contribution in [3.63, 3.8) is 0 Å². The van der Waals surface area contributed by atoms with E-state index in [1.54, 1.807) is 12.3 Å². The number of hydrogen-bond donors (Lipinski definition) is 1. The summed E-state index contributed by atoms with van der Waals surface area (Å²) < 4.78 is 48.0. The van der Waals surface area contributed by atoms with Gasteiger partial charge in [0.1, 0.15) is 17.2 Å². The monoisotopic (exact) mass is 566 g/mol. The van der Waals surface area contributed by atoms with Crippen molar-refractivity contribution in [3.8, 4) is 6.01 Å². The molecular formula is C28H28F2N6O5. The predicted molar refractivity (Wildman–Crippen MR) is 145 cm³/mol. The minimum absolute atomic E-state index is 0.0316. The van der Waals surface area contributed by atoms with Crippen LogP contribution in [0.4, 0.5) is 14.6 Å². The van der Waals surface area contributed by atoms with Gasteiger partial charge in [-0.05, 0) is 44.0 Å². The first kappa shape index (κ1) is 26.8. The van der Waals surface area contributed by atoms with Crippen LogP contribution in [0.2, 0.25) is 0 Å². The van der Waals surface area contributed by atoms with E-state index >= 15 is 0 Å². The highest BCUT2D eigenvalue weighted by Crippen LogP contribution is 2.38. The number of imidazole rings is 1. The molecule has 214 valence electrons. The fourth-order valence-electron chi connectivity index (χ4n) is 5.69. The molecule has 0 unspecified atom stereocenters. The third kappa shape index (κ3) is 5.01. The quantitative estimate of drug-likeness (QED) is 0.285. The number of rotatable bonds is 5. The number of alkyl halides is 2. The van der Waals surface area contributed by atoms with Crippen molar-refractivity contribution in [1.29, 1.82) is 0 Å². The molecule has 11 nitrogen and oxygen atoms in total. The van der Waals surface area contributed by atoms with Gasteiger partial charge < -0.3 is 23.9 Å². The van der Waals surface area contributed by atoms with E-state index in [-0.39, 0.29) is 24.7 Å². The molecule has 6 heterocycles. The summed E-state index contributed by atoms with van der Waals surface area (Å²) >= 11 is 0. The topological polar surface area (TPSA) is 129 Å². The van der Waals surface area contributed by atoms with E-state index in [9.17, 15) is 8.78 Å². The van der Waals surface area contributed by atoms with E-state index in [1.807, 2.05) is 42.2 Å². The number of ether oxygens (including phenoxy) is 2. The van der Waals surface area contributed by atoms with Crippen molar-refractivity contribution < 1.29 is 32.6 Å². The number of hydrogen-bond acceptors (Lipinski definition) is 9. The minimum Gasteiger partial charge on any atom is -0.483 e. The highest BCUT2D eigenvalue weighted by Gasteiger charge is 2.36. The van der Waals surface area contributed by atoms with Gasteiger partial charge >= 0.3 is 0 Å². The molecule has 1 aromatic carbocycles. The number of aromatic nitrogens is 5. The zero-order valence-electron chi connectivity index (χ0n) is 22.2. The van der Waals surface area contributed by atoms with Gasteiger partial charge in [0.25, 0.3) is 18.9 Å². The fourth-order valence-corrected chi connectivity index (χ4v) is 5.69. The summed E-state index contributed by atoms with van der Waals surface area (Å²) in [6.07, 6.45) is 1.09. The molecule has 2 saturated heterocycles. The highest BCUT2D eigenvalue weighted by atomic mass is 19.3. The number of halogens is 2. The summed E-state index contributed by atoms with van der Waals surface area (Å²) in [5.74, 6) is -0.150. The molecule has 0 radical (unpaired) electrons. The molecule has 2 atom stereocenters. The maximum atomic E-state index is 13.8. The molecular weight excluding hydrogens is 538 g/mol. The zero-order valence-corrected chi connectivity index (χ0v) is 22.2. The van der Waals surface area contributed by atoms with Crippen LogP contribution in [-0.4, -0.2) is 68.0 Å². The first-order valence-corrected chi connectivity index (χ1v) is 13.4. The Hall–Kier alpha value is -4.39. The smallest absolute Gasteiger partial charge is 0.299 e. The highest BCUT2D eigenvalue weighted by molar-refractivity contribution is 6.05. The Bertz CT molecular complexity index is 1690. The average molecular weight is 567 g/mol. The lowest BCUT2D eigenvalue weighted by atomic mass is 10.1. The third-order valence-electron chi connectivity index (χ3n) is 7.48. The van der Waals surface area contributed by atoms with Gasteiger partial charge in [0.05, 0.1) is 12.1 Å². The molecule has 2 aliphatic rings. The van der Waals surface area contributed by atoms with Crippen LogP contribution in [0, 0.1) is 0 Å². The van der Waals surface area contributed by atoms with Gasteiger partial charge in [-0.3, -0.25) is 9.36 Å². The lowest BCUT2D eigenvalue weighted by Gasteiger charge is -2.26. The van der Waals surface area contributed by atoms with Crippen LogP contribution in [0.5, 0.6) is 6.01 Å². The number of carboxylic acid groups (broad SMARTS) is 1. The standard InChI is InChI=1S/C27H26F2N6O3.CH2O2/c1-15-13-17(37-27-33-24-19(6-4-10-30-24)35(27)16-8-11-36-12-9-16)14-34(15)26-22-21(31-25(32-26)23(28)29)18-5-2-3-7-20(18)38-22;2-1-3/h2-7,10,15-17,23H,8-9,11-14H2,1H3;1H,(H,2,3)/t15-,17+;/m1./s1. The van der Waals surface area contributed by atoms with E-state index < -0.39 is 12.2 Å². The molecule has 1 N–H and O–H groups in total. The van der Waals surface area contributed by atoms with Gasteiger partial charge in [-0.1, -0.05) is 12.1 Å². The Morgan fingerprint density at radius 1 is 1.12 bits per heavy atom. The third-order valence-corrected chi connectivity index (χ3v) is 7.48. The van der Waals surface area contributed by atoms with Crippen LogP contribution in [-0.2, 0) is 9.53 Å². The van der Waals surface area contributed by atoms with Gasteiger partial charge in [-0.2, -0.15) is 4.98 Å². The van der Waals surface area contributed by atoms with Crippen LogP contribution < -0.4 is 9.64 Å². The van der Waals surface area contributed by atoms with Crippen molar-refractivity contribution >= 4 is 45.5 Å². The van der Waals surface area contributed by atoms with Crippen molar-refractivity contribution in [2.75, 3.05) is 24.7 Å². The Kier molecular flexibility index (Phi) is 7.35. The number of anilines is 1. The number of fused-ring (bicyclic) bond motifs is 4. The Balaban J connectivity index is 0.000000967. The molecule has 0 amide bonds. The van der Waals surface area contributed by atoms with Gasteiger partial charge in [-0.15, -0.1) is 0 Å². The largest absolute Gasteiger partial charge is 0.483 e. The SMILES string of the molecule is C[C@@H]1C[C@H](Oc2nc3ncccc3n2C2CCOCC2)CN1c1nc(C(F)F)nc2c1oc1ccccc12.O=CO. The molecule has 0 saturated carbocycles. The summed E-state index contributed by atoms with van der Waals surface area (Å²) in [4.78, 5) is 27.9. The van der Waals surface area contributed by atoms with Crippen LogP contribution in [0.3, 0.4) is 0 Å². The molecule has 0 spiro atoms. The summed E-state index contributed by atoms with van der Waals surface area (Å²) in [6, 6.07) is 11.9. The van der Waals surface area contributed by atoms with Crippen molar-refractivity contribution in [2.45, 2.75) is 50.8 Å². The normalized spacial score (nSPS) is 19.7. The molecule has 5 aromatic rings. The molecule has 41 heavy (non-hydrogen) atoms. The lowest BCUT2D eigenvalue weighted by molar-refractivity contribution is -0.122. The maximum absolute atomic E-state index is 13.8. The molecule has 0 aliphatic carbocycles. The van der Waals surface area contributed by atoms with Crippen molar-refractivity contribution in [3.05, 3.63) is 48.4 Å². The molecule has 7 rings (SSSR count). The number of carbonyl (C=O) groups is 1. The van der Waals surface area contributed by atoms with Gasteiger partial charge in [0.15, 0.2) is 22.9 Å². The number of para-hydroxylation sites is 1. The van der Waals surface area contributed by atoms with Crippen molar-refractivity contribution in [1.82, 2.24) is 24.5 Å². The maximum Gasteiger partial charge on any atom is 0.299 e. The van der Waals surface area contributed by atoms with Crippen LogP contribution >= 0.6 is 0 Å². The van der Waals surface area contributed by atoms with Gasteiger partial charge in [0, 0.05) is 43.3 Å². The Labute approximate surface area is 232 Å². The van der Waals surface area contributed by atoms with E-state index in [4.69, 9.17) is 28.8 Å². The molecule has 13 heteroatoms. The van der Waals surface area contributed by atoms with E-state index in [0.29, 0.717) is 65.7 Å². The van der Waals surface area contributed by atoms with Crippen molar-refractivity contribution in [2.24, 2.45) is 0 Å². The van der Waals surface area contributed by atoms with E-state index in [2.05, 4.69) is 19.5 Å². The first-order chi connectivity index (χ1) is 20.0. The van der Waals surface area contributed by atoms with Gasteiger partial charge in [0.2, 0.25) is 0 Å². The Morgan fingerprint density at radius 2 is 1.90 bits per heavy atom. The summed E-state index contributed by atoms with van der Waals surface area (Å²) in [5.41, 5.74) is 2.95. The Morgan fingerprint density at radius 3 is 2.68 bits per heavy atom. The van der Waals surface area contributed by atoms with Crippen LogP contribution in [0.25, 0.3) is 33.2 Å². The first-order valence-electron chi connectivity index (χ1n) is 13.4. The predicted octanol–water partition coefficient (Wildman–Crippen LogP) is 5.16. The minimum atomic E-state index is -2.80. The van der Waals surface area contributed by atoms with Gasteiger partial charge in [-0.25, -0.2) is 23.7 Å². The lowest BCUT2D eigenvalue weighted by Crippen LogP contribution is -2.30. The second-order valence-corrected chi connectivity index (χ2v) is 10.0. The zero-order chi connectivity index (χ0) is 28.5. The van der Waals surface area contributed by atoms with E-state index in [1.165, 1.54) is 0 Å². The second kappa shape index (κ2) is 11.2. The van der Waals surface area contributed by atoms with Crippen LogP contribution in [0.1, 0.15) is 44.5 Å². The summed E-state index contributed by atoms with van der Waals surface area (Å²) in [5, 5.41) is 7.57. The summed E-state index contributed by atoms with van der Waals surface area (Å²) in [6.45, 7) is 3.60. The number of benzene rings is 1. The molecule has 4 aromatic heterocycles. The number of nitrogens with zero attached hydrogens (tertiary/aromatic N) is 6. The van der Waals surface area contributed by atoms with E-state index in [0.717, 1.165) is 18.4 Å².